The van der Waals surface area contributed by atoms with Crippen molar-refractivity contribution in [3.05, 3.63) is 12.7 Å². The molecule has 0 spiro atoms. The third-order valence-electron chi connectivity index (χ3n) is 2.58. The van der Waals surface area contributed by atoms with Crippen molar-refractivity contribution >= 4 is 0 Å². The molecule has 0 saturated carbocycles. The molecule has 0 aromatic heterocycles. The number of rotatable bonds is 11. The van der Waals surface area contributed by atoms with Crippen LogP contribution in [0.25, 0.3) is 0 Å². The quantitative estimate of drug-likeness (QED) is 0.337. The van der Waals surface area contributed by atoms with Crippen LogP contribution in [0, 0.1) is 0 Å². The second-order valence-corrected chi connectivity index (χ2v) is 4.13. The zero-order valence-corrected chi connectivity index (χ0v) is 10.7. The number of unbranched alkanes of at least 4 members (excludes halogenated alkanes) is 4. The second kappa shape index (κ2) is 11.1. The number of hydrogen-bond acceptors (Lipinski definition) is 3. The standard InChI is InChI=1S/C13H26O3/c1-4-5-6-7-8-9-10-13(12(2)14)16-11-15-3/h4,12-14H,1,5-11H2,2-3H3/t12?,13-/m1/s1. The zero-order valence-electron chi connectivity index (χ0n) is 10.7. The SMILES string of the molecule is C=CCCCCCC[C@@H](OCOC)C(C)O. The third-order valence-corrected chi connectivity index (χ3v) is 2.58. The third kappa shape index (κ3) is 8.89. The molecule has 3 nitrogen and oxygen atoms in total. The lowest BCUT2D eigenvalue weighted by atomic mass is 10.1. The Hall–Kier alpha value is -0.380. The van der Waals surface area contributed by atoms with Crippen LogP contribution in [0.5, 0.6) is 0 Å². The minimum Gasteiger partial charge on any atom is -0.391 e. The minimum absolute atomic E-state index is 0.0978. The molecule has 0 saturated heterocycles. The van der Waals surface area contributed by atoms with Gasteiger partial charge < -0.3 is 14.6 Å². The van der Waals surface area contributed by atoms with Gasteiger partial charge in [-0.2, -0.15) is 0 Å². The van der Waals surface area contributed by atoms with Gasteiger partial charge in [-0.1, -0.05) is 25.3 Å². The van der Waals surface area contributed by atoms with Gasteiger partial charge in [0.15, 0.2) is 0 Å². The summed E-state index contributed by atoms with van der Waals surface area (Å²) >= 11 is 0. The van der Waals surface area contributed by atoms with E-state index in [1.807, 2.05) is 6.08 Å². The molecule has 0 rings (SSSR count). The van der Waals surface area contributed by atoms with Crippen LogP contribution < -0.4 is 0 Å². The molecule has 0 fully saturated rings. The summed E-state index contributed by atoms with van der Waals surface area (Å²) in [7, 11) is 1.59. The summed E-state index contributed by atoms with van der Waals surface area (Å²) in [5, 5.41) is 9.49. The summed E-state index contributed by atoms with van der Waals surface area (Å²) < 4.78 is 10.2. The second-order valence-electron chi connectivity index (χ2n) is 4.13. The topological polar surface area (TPSA) is 38.7 Å². The largest absolute Gasteiger partial charge is 0.391 e. The first-order valence-corrected chi connectivity index (χ1v) is 6.11. The number of aliphatic hydroxyl groups excluding tert-OH is 1. The molecule has 0 aliphatic carbocycles. The van der Waals surface area contributed by atoms with Gasteiger partial charge in [0, 0.05) is 7.11 Å². The molecule has 0 bridgehead atoms. The van der Waals surface area contributed by atoms with Gasteiger partial charge in [-0.05, 0) is 26.2 Å². The van der Waals surface area contributed by atoms with Gasteiger partial charge in [0.2, 0.25) is 0 Å². The summed E-state index contributed by atoms with van der Waals surface area (Å²) in [6.07, 6.45) is 8.15. The van der Waals surface area contributed by atoms with Gasteiger partial charge in [0.25, 0.3) is 0 Å². The van der Waals surface area contributed by atoms with Crippen LogP contribution >= 0.6 is 0 Å². The van der Waals surface area contributed by atoms with Crippen molar-refractivity contribution in [1.82, 2.24) is 0 Å². The van der Waals surface area contributed by atoms with E-state index in [-0.39, 0.29) is 12.9 Å². The first-order valence-electron chi connectivity index (χ1n) is 6.11. The molecule has 16 heavy (non-hydrogen) atoms. The van der Waals surface area contributed by atoms with Crippen molar-refractivity contribution in [1.29, 1.82) is 0 Å². The van der Waals surface area contributed by atoms with Crippen molar-refractivity contribution in [2.24, 2.45) is 0 Å². The van der Waals surface area contributed by atoms with Crippen molar-refractivity contribution in [3.63, 3.8) is 0 Å². The van der Waals surface area contributed by atoms with Crippen LogP contribution in [-0.4, -0.2) is 31.2 Å². The minimum atomic E-state index is -0.427. The Labute approximate surface area is 99.5 Å². The zero-order chi connectivity index (χ0) is 12.2. The van der Waals surface area contributed by atoms with E-state index in [1.54, 1.807) is 14.0 Å². The van der Waals surface area contributed by atoms with Crippen LogP contribution in [-0.2, 0) is 9.47 Å². The lowest BCUT2D eigenvalue weighted by Crippen LogP contribution is -2.27. The Kier molecular flexibility index (Phi) is 10.9. The molecule has 0 aromatic rings. The Bertz CT molecular complexity index is 157. The van der Waals surface area contributed by atoms with Crippen molar-refractivity contribution < 1.29 is 14.6 Å². The van der Waals surface area contributed by atoms with Crippen LogP contribution in [0.3, 0.4) is 0 Å². The van der Waals surface area contributed by atoms with Crippen LogP contribution in [0.15, 0.2) is 12.7 Å². The molecule has 1 unspecified atom stereocenters. The van der Waals surface area contributed by atoms with Crippen molar-refractivity contribution in [2.45, 2.75) is 57.7 Å². The normalized spacial score (nSPS) is 14.7. The number of aliphatic hydroxyl groups is 1. The van der Waals surface area contributed by atoms with E-state index < -0.39 is 6.10 Å². The molecule has 0 heterocycles. The maximum atomic E-state index is 9.49. The average Bonchev–Trinajstić information content (AvgIpc) is 2.26. The predicted molar refractivity (Wildman–Crippen MR) is 66.3 cm³/mol. The molecule has 1 N–H and O–H groups in total. The van der Waals surface area contributed by atoms with E-state index in [2.05, 4.69) is 6.58 Å². The molecule has 0 aliphatic heterocycles. The van der Waals surface area contributed by atoms with Gasteiger partial charge in [-0.15, -0.1) is 6.58 Å². The summed E-state index contributed by atoms with van der Waals surface area (Å²) in [6, 6.07) is 0. The lowest BCUT2D eigenvalue weighted by molar-refractivity contribution is -0.111. The number of allylic oxidation sites excluding steroid dienone is 1. The first kappa shape index (κ1) is 15.6. The fourth-order valence-electron chi connectivity index (χ4n) is 1.61. The molecular formula is C13H26O3. The summed E-state index contributed by atoms with van der Waals surface area (Å²) in [4.78, 5) is 0. The van der Waals surface area contributed by atoms with E-state index in [0.29, 0.717) is 0 Å². The molecule has 0 amide bonds. The highest BCUT2D eigenvalue weighted by molar-refractivity contribution is 4.67. The van der Waals surface area contributed by atoms with E-state index >= 15 is 0 Å². The van der Waals surface area contributed by atoms with E-state index in [0.717, 1.165) is 19.3 Å². The maximum Gasteiger partial charge on any atom is 0.146 e. The van der Waals surface area contributed by atoms with Crippen LogP contribution in [0.4, 0.5) is 0 Å². The van der Waals surface area contributed by atoms with Crippen molar-refractivity contribution in [3.8, 4) is 0 Å². The van der Waals surface area contributed by atoms with Crippen molar-refractivity contribution in [2.75, 3.05) is 13.9 Å². The fourth-order valence-corrected chi connectivity index (χ4v) is 1.61. The van der Waals surface area contributed by atoms with Gasteiger partial charge in [0.1, 0.15) is 6.79 Å². The lowest BCUT2D eigenvalue weighted by Gasteiger charge is -2.19. The molecular weight excluding hydrogens is 204 g/mol. The Morgan fingerprint density at radius 1 is 1.25 bits per heavy atom. The van der Waals surface area contributed by atoms with E-state index in [4.69, 9.17) is 9.47 Å². The summed E-state index contributed by atoms with van der Waals surface area (Å²) in [5.74, 6) is 0. The highest BCUT2D eigenvalue weighted by Crippen LogP contribution is 2.12. The van der Waals surface area contributed by atoms with Gasteiger partial charge >= 0.3 is 0 Å². The number of ether oxygens (including phenoxy) is 2. The fraction of sp³-hybridized carbons (Fsp3) is 0.846. The van der Waals surface area contributed by atoms with Gasteiger partial charge in [-0.3, -0.25) is 0 Å². The highest BCUT2D eigenvalue weighted by atomic mass is 16.7. The summed E-state index contributed by atoms with van der Waals surface area (Å²) in [6.45, 7) is 5.71. The smallest absolute Gasteiger partial charge is 0.146 e. The molecule has 0 radical (unpaired) electrons. The maximum absolute atomic E-state index is 9.49. The molecule has 0 aliphatic rings. The van der Waals surface area contributed by atoms with E-state index in [9.17, 15) is 5.11 Å². The Morgan fingerprint density at radius 2 is 1.94 bits per heavy atom. The van der Waals surface area contributed by atoms with Crippen LogP contribution in [0.2, 0.25) is 0 Å². The average molecular weight is 230 g/mol. The first-order chi connectivity index (χ1) is 7.72. The number of hydrogen-bond donors (Lipinski definition) is 1. The molecule has 2 atom stereocenters. The monoisotopic (exact) mass is 230 g/mol. The highest BCUT2D eigenvalue weighted by Gasteiger charge is 2.14. The predicted octanol–water partition coefficient (Wildman–Crippen LogP) is 2.88. The van der Waals surface area contributed by atoms with Gasteiger partial charge in [0.05, 0.1) is 12.2 Å². The molecule has 0 aromatic carbocycles. The number of methoxy groups -OCH3 is 1. The Morgan fingerprint density at radius 3 is 2.50 bits per heavy atom. The van der Waals surface area contributed by atoms with Crippen LogP contribution in [0.1, 0.15) is 45.4 Å². The van der Waals surface area contributed by atoms with Gasteiger partial charge in [-0.25, -0.2) is 0 Å². The molecule has 3 heteroatoms. The summed E-state index contributed by atoms with van der Waals surface area (Å²) in [5.41, 5.74) is 0. The Balaban J connectivity index is 3.48. The van der Waals surface area contributed by atoms with E-state index in [1.165, 1.54) is 19.3 Å². The molecule has 96 valence electrons.